The van der Waals surface area contributed by atoms with E-state index in [4.69, 9.17) is 21.7 Å². The molecule has 1 rings (SSSR count). The van der Waals surface area contributed by atoms with Gasteiger partial charge in [-0.3, -0.25) is 24.0 Å². The monoisotopic (exact) mass is 541 g/mol. The summed E-state index contributed by atoms with van der Waals surface area (Å²) in [5.74, 6) is -6.25. The first kappa shape index (κ1) is 32.0. The number of aromatic nitrogens is 2. The van der Waals surface area contributed by atoms with Gasteiger partial charge in [0.05, 0.1) is 12.4 Å². The normalized spacial score (nSPS) is 13.9. The van der Waals surface area contributed by atoms with Gasteiger partial charge in [-0.15, -0.1) is 0 Å². The van der Waals surface area contributed by atoms with E-state index in [9.17, 15) is 33.9 Å². The maximum absolute atomic E-state index is 13.1. The number of carbonyl (C=O) groups is 6. The van der Waals surface area contributed by atoms with E-state index in [-0.39, 0.29) is 32.1 Å². The molecule has 0 radical (unpaired) electrons. The number of hydrogen-bond donors (Lipinski definition) is 9. The fourth-order valence-corrected chi connectivity index (χ4v) is 3.35. The van der Waals surface area contributed by atoms with E-state index >= 15 is 0 Å². The lowest BCUT2D eigenvalue weighted by atomic mass is 10.0. The number of amides is 3. The van der Waals surface area contributed by atoms with Crippen LogP contribution in [0.3, 0.4) is 0 Å². The molecule has 4 unspecified atom stereocenters. The largest absolute Gasteiger partial charge is 0.481 e. The third kappa shape index (κ3) is 12.3. The molecule has 0 aliphatic rings. The van der Waals surface area contributed by atoms with Gasteiger partial charge in [0.15, 0.2) is 0 Å². The Labute approximate surface area is 217 Å². The van der Waals surface area contributed by atoms with Crippen molar-refractivity contribution in [3.63, 3.8) is 0 Å². The lowest BCUT2D eigenvalue weighted by molar-refractivity contribution is -0.143. The number of imidazole rings is 1. The number of aliphatic carboxylic acids is 3. The first-order chi connectivity index (χ1) is 17.9. The fourth-order valence-electron chi connectivity index (χ4n) is 3.35. The summed E-state index contributed by atoms with van der Waals surface area (Å²) in [6.07, 6.45) is 2.33. The summed E-state index contributed by atoms with van der Waals surface area (Å²) < 4.78 is 0. The van der Waals surface area contributed by atoms with Crippen molar-refractivity contribution in [1.82, 2.24) is 25.9 Å². The number of unbranched alkanes of at least 4 members (excludes halogenated alkanes) is 1. The van der Waals surface area contributed by atoms with E-state index < -0.39 is 66.2 Å². The Morgan fingerprint density at radius 3 is 1.95 bits per heavy atom. The van der Waals surface area contributed by atoms with E-state index in [1.54, 1.807) is 0 Å². The Kier molecular flexibility index (Phi) is 14.0. The summed E-state index contributed by atoms with van der Waals surface area (Å²) in [5, 5.41) is 34.2. The predicted molar refractivity (Wildman–Crippen MR) is 130 cm³/mol. The third-order valence-electron chi connectivity index (χ3n) is 5.46. The van der Waals surface area contributed by atoms with Gasteiger partial charge < -0.3 is 47.7 Å². The quantitative estimate of drug-likeness (QED) is 0.0834. The van der Waals surface area contributed by atoms with Gasteiger partial charge >= 0.3 is 17.9 Å². The van der Waals surface area contributed by atoms with Gasteiger partial charge in [0, 0.05) is 31.2 Å². The van der Waals surface area contributed by atoms with Crippen molar-refractivity contribution in [2.45, 2.75) is 75.5 Å². The van der Waals surface area contributed by atoms with Crippen LogP contribution in [0.5, 0.6) is 0 Å². The minimum absolute atomic E-state index is 0.121. The van der Waals surface area contributed by atoms with E-state index in [1.165, 1.54) is 12.5 Å². The molecule has 212 valence electrons. The van der Waals surface area contributed by atoms with E-state index in [0.717, 1.165) is 0 Å². The van der Waals surface area contributed by atoms with Crippen molar-refractivity contribution in [3.05, 3.63) is 18.2 Å². The second-order valence-electron chi connectivity index (χ2n) is 8.56. The Hall–Kier alpha value is -4.05. The average Bonchev–Trinajstić information content (AvgIpc) is 3.36. The summed E-state index contributed by atoms with van der Waals surface area (Å²) >= 11 is 0. The van der Waals surface area contributed by atoms with Crippen molar-refractivity contribution in [2.24, 2.45) is 11.5 Å². The molecular weight excluding hydrogens is 506 g/mol. The molecule has 16 nitrogen and oxygen atoms in total. The topological polar surface area (TPSA) is 280 Å². The van der Waals surface area contributed by atoms with Gasteiger partial charge in [-0.2, -0.15) is 0 Å². The van der Waals surface area contributed by atoms with Crippen molar-refractivity contribution >= 4 is 35.6 Å². The minimum atomic E-state index is -1.52. The predicted octanol–water partition coefficient (Wildman–Crippen LogP) is -2.32. The smallest absolute Gasteiger partial charge is 0.326 e. The van der Waals surface area contributed by atoms with Crippen LogP contribution in [0.1, 0.15) is 50.6 Å². The molecule has 0 fully saturated rings. The average molecular weight is 542 g/mol. The Bertz CT molecular complexity index is 955. The molecule has 3 amide bonds. The van der Waals surface area contributed by atoms with Crippen LogP contribution in [0.2, 0.25) is 0 Å². The molecule has 0 saturated heterocycles. The van der Waals surface area contributed by atoms with Crippen LogP contribution >= 0.6 is 0 Å². The van der Waals surface area contributed by atoms with Crippen LogP contribution in [0.4, 0.5) is 0 Å². The van der Waals surface area contributed by atoms with Crippen molar-refractivity contribution in [3.8, 4) is 0 Å². The highest BCUT2D eigenvalue weighted by molar-refractivity contribution is 5.94. The van der Waals surface area contributed by atoms with Crippen LogP contribution in [0.25, 0.3) is 0 Å². The number of carbonyl (C=O) groups excluding carboxylic acids is 3. The van der Waals surface area contributed by atoms with Crippen LogP contribution in [0.15, 0.2) is 12.5 Å². The van der Waals surface area contributed by atoms with Crippen LogP contribution < -0.4 is 27.4 Å². The van der Waals surface area contributed by atoms with Crippen molar-refractivity contribution in [2.75, 3.05) is 6.54 Å². The molecule has 0 aliphatic carbocycles. The highest BCUT2D eigenvalue weighted by Crippen LogP contribution is 2.07. The molecule has 11 N–H and O–H groups in total. The van der Waals surface area contributed by atoms with Gasteiger partial charge in [0.1, 0.15) is 18.1 Å². The van der Waals surface area contributed by atoms with Gasteiger partial charge in [0.2, 0.25) is 17.7 Å². The Morgan fingerprint density at radius 2 is 1.39 bits per heavy atom. The molecule has 0 aliphatic heterocycles. The number of aromatic amines is 1. The van der Waals surface area contributed by atoms with Crippen molar-refractivity contribution in [1.29, 1.82) is 0 Å². The number of carboxylic acid groups (broad SMARTS) is 3. The molecule has 1 aromatic rings. The highest BCUT2D eigenvalue weighted by Gasteiger charge is 2.31. The lowest BCUT2D eigenvalue weighted by Gasteiger charge is -2.25. The molecular formula is C22H35N7O9. The van der Waals surface area contributed by atoms with Gasteiger partial charge in [-0.05, 0) is 38.6 Å². The van der Waals surface area contributed by atoms with E-state index in [1.807, 2.05) is 0 Å². The molecule has 0 bridgehead atoms. The number of carboxylic acids is 3. The molecule has 38 heavy (non-hydrogen) atoms. The molecule has 0 aromatic carbocycles. The zero-order valence-electron chi connectivity index (χ0n) is 20.7. The zero-order chi connectivity index (χ0) is 28.7. The molecule has 16 heteroatoms. The molecule has 1 heterocycles. The number of hydrogen-bond acceptors (Lipinski definition) is 9. The number of rotatable bonds is 19. The minimum Gasteiger partial charge on any atom is -0.481 e. The van der Waals surface area contributed by atoms with E-state index in [0.29, 0.717) is 25.1 Å². The first-order valence-corrected chi connectivity index (χ1v) is 11.9. The van der Waals surface area contributed by atoms with Crippen molar-refractivity contribution < 1.29 is 44.1 Å². The summed E-state index contributed by atoms with van der Waals surface area (Å²) in [7, 11) is 0. The Balaban J connectivity index is 3.04. The van der Waals surface area contributed by atoms with Crippen LogP contribution in [-0.4, -0.2) is 91.6 Å². The molecule has 0 spiro atoms. The van der Waals surface area contributed by atoms with Gasteiger partial charge in [-0.1, -0.05) is 0 Å². The number of nitrogens with one attached hydrogen (secondary N) is 4. The summed E-state index contributed by atoms with van der Waals surface area (Å²) in [5.41, 5.74) is 11.7. The standard InChI is InChI=1S/C22H35N7O9/c23-8-2-1-3-14(27-19(34)13(24)4-6-17(30)31)20(35)29-16(9-12-10-25-11-26-12)21(36)28-15(22(37)38)5-7-18(32)33/h10-11,13-16H,1-9,23-24H2,(H,25,26)(H,27,34)(H,28,36)(H,29,35)(H,30,31)(H,32,33)(H,37,38). The lowest BCUT2D eigenvalue weighted by Crippen LogP contribution is -2.57. The number of nitrogens with zero attached hydrogens (tertiary/aromatic N) is 1. The summed E-state index contributed by atoms with van der Waals surface area (Å²) in [4.78, 5) is 78.4. The third-order valence-corrected chi connectivity index (χ3v) is 5.46. The summed E-state index contributed by atoms with van der Waals surface area (Å²) in [6, 6.07) is -5.17. The maximum atomic E-state index is 13.1. The zero-order valence-corrected chi connectivity index (χ0v) is 20.7. The van der Waals surface area contributed by atoms with Crippen LogP contribution in [-0.2, 0) is 35.2 Å². The highest BCUT2D eigenvalue weighted by atomic mass is 16.4. The maximum Gasteiger partial charge on any atom is 0.326 e. The second-order valence-corrected chi connectivity index (χ2v) is 8.56. The second kappa shape index (κ2) is 16.6. The number of nitrogens with two attached hydrogens (primary N) is 2. The number of H-pyrrole nitrogens is 1. The van der Waals surface area contributed by atoms with Gasteiger partial charge in [0.25, 0.3) is 0 Å². The first-order valence-electron chi connectivity index (χ1n) is 11.9. The fraction of sp³-hybridized carbons (Fsp3) is 0.591. The SMILES string of the molecule is NCCCCC(NC(=O)C(N)CCC(=O)O)C(=O)NC(Cc1cnc[nH]1)C(=O)NC(CCC(=O)O)C(=O)O. The molecule has 0 saturated carbocycles. The molecule has 1 aromatic heterocycles. The Morgan fingerprint density at radius 1 is 0.816 bits per heavy atom. The van der Waals surface area contributed by atoms with Gasteiger partial charge in [-0.25, -0.2) is 9.78 Å². The van der Waals surface area contributed by atoms with E-state index in [2.05, 4.69) is 25.9 Å². The molecule has 4 atom stereocenters. The van der Waals surface area contributed by atoms with Crippen LogP contribution in [0, 0.1) is 0 Å². The summed E-state index contributed by atoms with van der Waals surface area (Å²) in [6.45, 7) is 0.332.